The van der Waals surface area contributed by atoms with Gasteiger partial charge in [0.25, 0.3) is 0 Å². The summed E-state index contributed by atoms with van der Waals surface area (Å²) in [7, 11) is 30.8. The second-order valence-corrected chi connectivity index (χ2v) is 25.9. The van der Waals surface area contributed by atoms with E-state index in [1.807, 2.05) is 56.4 Å². The van der Waals surface area contributed by atoms with Crippen LogP contribution in [0.1, 0.15) is 0 Å². The molecule has 18 heteroatoms. The van der Waals surface area contributed by atoms with Crippen molar-refractivity contribution in [3.05, 3.63) is 0 Å². The number of rotatable bonds is 16. The second-order valence-electron chi connectivity index (χ2n) is 11.7. The molecule has 0 heterocycles. The van der Waals surface area contributed by atoms with E-state index in [2.05, 4.69) is 127 Å². The van der Waals surface area contributed by atoms with Gasteiger partial charge in [-0.05, 0) is 110 Å². The van der Waals surface area contributed by atoms with Gasteiger partial charge < -0.3 is 0 Å². The quantitative estimate of drug-likeness (QED) is 0.229. The Morgan fingerprint density at radius 1 is 0.475 bits per heavy atom. The fraction of sp³-hybridized carbons (Fsp3) is 1.00. The highest BCUT2D eigenvalue weighted by atomic mass is 31.2. The van der Waals surface area contributed by atoms with Crippen LogP contribution >= 0.6 is 30.5 Å². The standard InChI is InChI=1S/C22H64N13OP4/c1-25(2)37(26(3)4,27(5)6)23-38(28(7)8,29(9)10)34(19)21-22-35(20)39(30(11)12,31(13)14)24-40(36,32(15)16)33(17)18/h21-22H2,1-20H3/q+1. The molecule has 0 aliphatic heterocycles. The van der Waals surface area contributed by atoms with Crippen molar-refractivity contribution in [2.45, 2.75) is 0 Å². The minimum atomic E-state index is -3.16. The summed E-state index contributed by atoms with van der Waals surface area (Å²) in [5, 5.41) is 0. The Bertz CT molecular complexity index is 890. The summed E-state index contributed by atoms with van der Waals surface area (Å²) in [6, 6.07) is 0. The summed E-state index contributed by atoms with van der Waals surface area (Å²) in [5.74, 6) is 0. The molecule has 0 spiro atoms. The SMILES string of the molecule is CN(C)P(=O)(N=P(N(C)C)(N(C)C)N(C)CCN(C)[P+](N=P(N(C)C)(N(C)C)N(C)C)(N(C)C)N(C)C)N(C)C. The van der Waals surface area contributed by atoms with E-state index >= 15 is 0 Å². The van der Waals surface area contributed by atoms with Crippen molar-refractivity contribution >= 4 is 30.5 Å². The van der Waals surface area contributed by atoms with Crippen LogP contribution in [0.5, 0.6) is 0 Å². The van der Waals surface area contributed by atoms with Crippen molar-refractivity contribution in [1.29, 1.82) is 0 Å². The maximum Gasteiger partial charge on any atom is 0.356 e. The predicted molar refractivity (Wildman–Crippen MR) is 182 cm³/mol. The monoisotopic (exact) mass is 650 g/mol. The molecule has 0 amide bonds. The average Bonchev–Trinajstić information content (AvgIpc) is 2.79. The van der Waals surface area contributed by atoms with Crippen molar-refractivity contribution in [2.24, 2.45) is 9.03 Å². The minimum absolute atomic E-state index is 0.710. The van der Waals surface area contributed by atoms with Crippen LogP contribution in [0, 0.1) is 0 Å². The summed E-state index contributed by atoms with van der Waals surface area (Å²) >= 11 is 0. The maximum absolute atomic E-state index is 14.2. The predicted octanol–water partition coefficient (Wildman–Crippen LogP) is 3.58. The van der Waals surface area contributed by atoms with E-state index < -0.39 is 30.5 Å². The fourth-order valence-corrected chi connectivity index (χ4v) is 21.9. The molecule has 0 N–H and O–H groups in total. The minimum Gasteiger partial charge on any atom is -0.262 e. The Hall–Kier alpha value is 0.680. The van der Waals surface area contributed by atoms with Crippen LogP contribution in [0.3, 0.4) is 0 Å². The molecule has 0 atom stereocenters. The van der Waals surface area contributed by atoms with Gasteiger partial charge in [0.15, 0.2) is 7.51 Å². The molecule has 0 saturated carbocycles. The Balaban J connectivity index is 7.12. The summed E-state index contributed by atoms with van der Waals surface area (Å²) in [4.78, 5) is 0. The van der Waals surface area contributed by atoms with Crippen LogP contribution in [-0.4, -0.2) is 205 Å². The molecule has 0 aliphatic carbocycles. The van der Waals surface area contributed by atoms with Crippen molar-refractivity contribution in [1.82, 2.24) is 51.4 Å². The summed E-state index contributed by atoms with van der Waals surface area (Å²) in [6.45, 7) is 1.45. The van der Waals surface area contributed by atoms with Crippen LogP contribution < -0.4 is 0 Å². The first-order chi connectivity index (χ1) is 18.0. The highest BCUT2D eigenvalue weighted by molar-refractivity contribution is 7.75. The summed E-state index contributed by atoms with van der Waals surface area (Å²) in [5.41, 5.74) is 0. The Morgan fingerprint density at radius 2 is 0.800 bits per heavy atom. The molecule has 242 valence electrons. The normalized spacial score (nSPS) is 14.8. The molecule has 0 aromatic heterocycles. The third kappa shape index (κ3) is 7.84. The lowest BCUT2D eigenvalue weighted by Crippen LogP contribution is -2.42. The Labute approximate surface area is 249 Å². The Kier molecular flexibility index (Phi) is 15.9. The first-order valence-corrected chi connectivity index (χ1v) is 19.6. The van der Waals surface area contributed by atoms with Gasteiger partial charge in [0.05, 0.1) is 6.54 Å². The number of hydrogen-bond acceptors (Lipinski definition) is 5. The lowest BCUT2D eigenvalue weighted by atomic mass is 10.6. The van der Waals surface area contributed by atoms with Crippen molar-refractivity contribution in [3.63, 3.8) is 0 Å². The smallest absolute Gasteiger partial charge is 0.262 e. The third-order valence-electron chi connectivity index (χ3n) is 6.94. The molecular formula is C22H64N13OP4+. The zero-order valence-electron chi connectivity index (χ0n) is 29.4. The van der Waals surface area contributed by atoms with Gasteiger partial charge in [0.1, 0.15) is 0 Å². The van der Waals surface area contributed by atoms with E-state index in [4.69, 9.17) is 9.03 Å². The highest BCUT2D eigenvalue weighted by Crippen LogP contribution is 2.74. The van der Waals surface area contributed by atoms with Crippen LogP contribution in [0.15, 0.2) is 9.03 Å². The molecule has 0 saturated heterocycles. The molecule has 0 fully saturated rings. The first-order valence-electron chi connectivity index (χ1n) is 13.3. The van der Waals surface area contributed by atoms with Crippen LogP contribution in [0.4, 0.5) is 0 Å². The van der Waals surface area contributed by atoms with E-state index in [0.717, 1.165) is 6.54 Å². The van der Waals surface area contributed by atoms with Gasteiger partial charge in [0, 0.05) is 41.8 Å². The van der Waals surface area contributed by atoms with Crippen molar-refractivity contribution < 1.29 is 4.57 Å². The zero-order valence-corrected chi connectivity index (χ0v) is 33.0. The van der Waals surface area contributed by atoms with Gasteiger partial charge in [-0.15, -0.1) is 14.0 Å². The summed E-state index contributed by atoms with van der Waals surface area (Å²) in [6.07, 6.45) is 0. The number of likely N-dealkylation sites (N-methyl/N-ethyl adjacent to an activating group) is 2. The van der Waals surface area contributed by atoms with E-state index in [1.54, 1.807) is 9.34 Å². The van der Waals surface area contributed by atoms with Crippen molar-refractivity contribution in [3.8, 4) is 0 Å². The third-order valence-corrected chi connectivity index (χ3v) is 22.6. The van der Waals surface area contributed by atoms with Gasteiger partial charge in [-0.3, -0.25) is 13.9 Å². The van der Waals surface area contributed by atoms with Crippen LogP contribution in [0.25, 0.3) is 0 Å². The van der Waals surface area contributed by atoms with Gasteiger partial charge in [-0.2, -0.15) is 4.52 Å². The average molecular weight is 651 g/mol. The molecule has 0 aromatic rings. The zero-order chi connectivity index (χ0) is 32.2. The van der Waals surface area contributed by atoms with Crippen LogP contribution in [0.2, 0.25) is 0 Å². The molecule has 0 unspecified atom stereocenters. The van der Waals surface area contributed by atoms with Crippen molar-refractivity contribution in [2.75, 3.05) is 154 Å². The number of nitrogens with zero attached hydrogens (tertiary/aromatic N) is 13. The molecule has 0 aliphatic rings. The van der Waals surface area contributed by atoms with Gasteiger partial charge in [-0.1, -0.05) is 0 Å². The molecule has 40 heavy (non-hydrogen) atoms. The maximum atomic E-state index is 14.2. The summed E-state index contributed by atoms with van der Waals surface area (Å²) < 4.78 is 49.0. The van der Waals surface area contributed by atoms with E-state index in [0.29, 0.717) is 6.54 Å². The fourth-order valence-electron chi connectivity index (χ4n) is 5.10. The largest absolute Gasteiger partial charge is 0.356 e. The molecule has 0 aromatic carbocycles. The van der Waals surface area contributed by atoms with E-state index in [1.165, 1.54) is 0 Å². The highest BCUT2D eigenvalue weighted by Gasteiger charge is 2.54. The van der Waals surface area contributed by atoms with E-state index in [-0.39, 0.29) is 0 Å². The molecular weight excluding hydrogens is 586 g/mol. The number of hydrogen-bond donors (Lipinski definition) is 0. The second kappa shape index (κ2) is 15.6. The van der Waals surface area contributed by atoms with Gasteiger partial charge in [0.2, 0.25) is 7.51 Å². The molecule has 0 bridgehead atoms. The molecule has 14 nitrogen and oxygen atoms in total. The first kappa shape index (κ1) is 40.7. The van der Waals surface area contributed by atoms with Crippen LogP contribution in [-0.2, 0) is 4.57 Å². The Morgan fingerprint density at radius 3 is 1.05 bits per heavy atom. The van der Waals surface area contributed by atoms with E-state index in [9.17, 15) is 4.57 Å². The molecule has 0 radical (unpaired) electrons. The lowest BCUT2D eigenvalue weighted by Gasteiger charge is -2.46. The van der Waals surface area contributed by atoms with Gasteiger partial charge >= 0.3 is 15.5 Å². The van der Waals surface area contributed by atoms with Gasteiger partial charge in [-0.25, -0.2) is 28.0 Å². The molecule has 0 rings (SSSR count). The topological polar surface area (TPSA) is 77.4 Å². The lowest BCUT2D eigenvalue weighted by molar-refractivity contribution is 0.365.